The van der Waals surface area contributed by atoms with Crippen molar-refractivity contribution >= 4 is 11.6 Å². The van der Waals surface area contributed by atoms with E-state index in [1.54, 1.807) is 19.2 Å². The van der Waals surface area contributed by atoms with E-state index in [1.165, 1.54) is 0 Å². The highest BCUT2D eigenvalue weighted by Gasteiger charge is 2.17. The number of nitrogens with zero attached hydrogens (tertiary/aromatic N) is 2. The lowest BCUT2D eigenvalue weighted by molar-refractivity contribution is 0.0688. The van der Waals surface area contributed by atoms with Crippen LogP contribution < -0.4 is 5.73 Å². The minimum atomic E-state index is 0.0447. The maximum Gasteiger partial charge on any atom is 0.254 e. The Kier molecular flexibility index (Phi) is 7.19. The van der Waals surface area contributed by atoms with Crippen LogP contribution in [0.2, 0.25) is 0 Å². The summed E-state index contributed by atoms with van der Waals surface area (Å²) in [6.45, 7) is 4.74. The second-order valence-corrected chi connectivity index (χ2v) is 5.52. The molecule has 21 heavy (non-hydrogen) atoms. The Balaban J connectivity index is 2.77. The van der Waals surface area contributed by atoms with Crippen molar-refractivity contribution in [1.82, 2.24) is 9.80 Å². The number of carbonyl (C=O) groups excluding carboxylic acids is 1. The molecule has 5 heteroatoms. The molecular weight excluding hydrogens is 266 g/mol. The van der Waals surface area contributed by atoms with Crippen LogP contribution in [0, 0.1) is 6.92 Å². The lowest BCUT2D eigenvalue weighted by Crippen LogP contribution is -2.36. The van der Waals surface area contributed by atoms with Crippen LogP contribution in [0.25, 0.3) is 0 Å². The summed E-state index contributed by atoms with van der Waals surface area (Å²) in [7, 11) is 5.72. The van der Waals surface area contributed by atoms with Crippen molar-refractivity contribution in [1.29, 1.82) is 0 Å². The number of anilines is 1. The zero-order valence-corrected chi connectivity index (χ0v) is 13.6. The smallest absolute Gasteiger partial charge is 0.254 e. The summed E-state index contributed by atoms with van der Waals surface area (Å²) in [5.41, 5.74) is 8.05. The molecule has 0 saturated carbocycles. The number of carbonyl (C=O) groups is 1. The van der Waals surface area contributed by atoms with Gasteiger partial charge in [0.2, 0.25) is 0 Å². The number of hydrogen-bond acceptors (Lipinski definition) is 4. The Labute approximate surface area is 127 Å². The minimum Gasteiger partial charge on any atom is -0.399 e. The van der Waals surface area contributed by atoms with Crippen LogP contribution in [0.5, 0.6) is 0 Å². The molecule has 0 bridgehead atoms. The predicted octanol–water partition coefficient (Wildman–Crippen LogP) is 1.62. The molecule has 2 N–H and O–H groups in total. The monoisotopic (exact) mass is 293 g/mol. The molecule has 1 aromatic carbocycles. The van der Waals surface area contributed by atoms with Crippen LogP contribution in [-0.2, 0) is 4.74 Å². The molecule has 1 rings (SSSR count). The van der Waals surface area contributed by atoms with Crippen molar-refractivity contribution in [2.24, 2.45) is 0 Å². The SMILES string of the molecule is COCCN(CCCN(C)C)C(=O)c1ccc(N)cc1C. The molecule has 0 heterocycles. The van der Waals surface area contributed by atoms with E-state index < -0.39 is 0 Å². The van der Waals surface area contributed by atoms with Gasteiger partial charge in [0.25, 0.3) is 5.91 Å². The molecule has 0 fully saturated rings. The number of benzene rings is 1. The topological polar surface area (TPSA) is 58.8 Å². The summed E-state index contributed by atoms with van der Waals surface area (Å²) in [5, 5.41) is 0. The van der Waals surface area contributed by atoms with Crippen molar-refractivity contribution in [3.05, 3.63) is 29.3 Å². The molecule has 0 atom stereocenters. The highest BCUT2D eigenvalue weighted by atomic mass is 16.5. The van der Waals surface area contributed by atoms with Gasteiger partial charge in [-0.2, -0.15) is 0 Å². The zero-order valence-electron chi connectivity index (χ0n) is 13.6. The first-order valence-corrected chi connectivity index (χ1v) is 7.24. The Morgan fingerprint density at radius 1 is 1.24 bits per heavy atom. The maximum absolute atomic E-state index is 12.7. The molecule has 1 aromatic rings. The fourth-order valence-electron chi connectivity index (χ4n) is 2.19. The Hall–Kier alpha value is -1.59. The largest absolute Gasteiger partial charge is 0.399 e. The molecule has 0 aliphatic rings. The minimum absolute atomic E-state index is 0.0447. The molecule has 5 nitrogen and oxygen atoms in total. The van der Waals surface area contributed by atoms with Crippen LogP contribution in [0.1, 0.15) is 22.3 Å². The second-order valence-electron chi connectivity index (χ2n) is 5.52. The quantitative estimate of drug-likeness (QED) is 0.740. The number of ether oxygens (including phenoxy) is 1. The van der Waals surface area contributed by atoms with E-state index >= 15 is 0 Å². The molecular formula is C16H27N3O2. The normalized spacial score (nSPS) is 10.9. The average Bonchev–Trinajstić information content (AvgIpc) is 2.41. The van der Waals surface area contributed by atoms with Gasteiger partial charge in [-0.1, -0.05) is 0 Å². The number of amides is 1. The summed E-state index contributed by atoms with van der Waals surface area (Å²) < 4.78 is 5.11. The van der Waals surface area contributed by atoms with Gasteiger partial charge in [0, 0.05) is 31.5 Å². The lowest BCUT2D eigenvalue weighted by Gasteiger charge is -2.24. The van der Waals surface area contributed by atoms with Crippen LogP contribution in [-0.4, -0.2) is 63.2 Å². The predicted molar refractivity (Wildman–Crippen MR) is 86.5 cm³/mol. The summed E-state index contributed by atoms with van der Waals surface area (Å²) in [4.78, 5) is 16.6. The van der Waals surface area contributed by atoms with Gasteiger partial charge >= 0.3 is 0 Å². The highest BCUT2D eigenvalue weighted by Crippen LogP contribution is 2.15. The van der Waals surface area contributed by atoms with E-state index in [4.69, 9.17) is 10.5 Å². The number of hydrogen-bond donors (Lipinski definition) is 1. The number of methoxy groups -OCH3 is 1. The van der Waals surface area contributed by atoms with E-state index in [0.717, 1.165) is 25.1 Å². The van der Waals surface area contributed by atoms with Crippen LogP contribution in [0.4, 0.5) is 5.69 Å². The highest BCUT2D eigenvalue weighted by molar-refractivity contribution is 5.96. The van der Waals surface area contributed by atoms with Crippen molar-refractivity contribution < 1.29 is 9.53 Å². The molecule has 0 spiro atoms. The third-order valence-electron chi connectivity index (χ3n) is 3.37. The Morgan fingerprint density at radius 3 is 2.52 bits per heavy atom. The summed E-state index contributed by atoms with van der Waals surface area (Å²) >= 11 is 0. The van der Waals surface area contributed by atoms with Crippen molar-refractivity contribution in [2.45, 2.75) is 13.3 Å². The number of rotatable bonds is 8. The van der Waals surface area contributed by atoms with E-state index in [0.29, 0.717) is 24.4 Å². The van der Waals surface area contributed by atoms with E-state index in [-0.39, 0.29) is 5.91 Å². The second kappa shape index (κ2) is 8.64. The van der Waals surface area contributed by atoms with Gasteiger partial charge in [0.15, 0.2) is 0 Å². The Bertz CT molecular complexity index is 461. The van der Waals surface area contributed by atoms with Gasteiger partial charge in [-0.3, -0.25) is 4.79 Å². The van der Waals surface area contributed by atoms with Crippen LogP contribution >= 0.6 is 0 Å². The van der Waals surface area contributed by atoms with Crippen molar-refractivity contribution in [3.63, 3.8) is 0 Å². The number of aryl methyl sites for hydroxylation is 1. The fraction of sp³-hybridized carbons (Fsp3) is 0.562. The zero-order chi connectivity index (χ0) is 15.8. The van der Waals surface area contributed by atoms with Gasteiger partial charge in [-0.15, -0.1) is 0 Å². The third-order valence-corrected chi connectivity index (χ3v) is 3.37. The van der Waals surface area contributed by atoms with E-state index in [1.807, 2.05) is 32.0 Å². The molecule has 0 aliphatic heterocycles. The fourth-order valence-corrected chi connectivity index (χ4v) is 2.19. The summed E-state index contributed by atoms with van der Waals surface area (Å²) in [6.07, 6.45) is 0.941. The first-order valence-electron chi connectivity index (χ1n) is 7.24. The number of nitrogen functional groups attached to an aromatic ring is 1. The van der Waals surface area contributed by atoms with Gasteiger partial charge in [0.05, 0.1) is 6.61 Å². The molecule has 0 aliphatic carbocycles. The van der Waals surface area contributed by atoms with Crippen LogP contribution in [0.3, 0.4) is 0 Å². The van der Waals surface area contributed by atoms with Gasteiger partial charge in [0.1, 0.15) is 0 Å². The molecule has 1 amide bonds. The van der Waals surface area contributed by atoms with Gasteiger partial charge in [-0.25, -0.2) is 0 Å². The van der Waals surface area contributed by atoms with Gasteiger partial charge in [-0.05, 0) is 57.7 Å². The summed E-state index contributed by atoms with van der Waals surface area (Å²) in [5.74, 6) is 0.0447. The molecule has 118 valence electrons. The third kappa shape index (κ3) is 5.73. The average molecular weight is 293 g/mol. The maximum atomic E-state index is 12.7. The molecule has 0 aromatic heterocycles. The molecule has 0 saturated heterocycles. The standard InChI is InChI=1S/C16H27N3O2/c1-13-12-14(17)6-7-15(13)16(20)19(10-11-21-4)9-5-8-18(2)3/h6-7,12H,5,8-11,17H2,1-4H3. The van der Waals surface area contributed by atoms with Crippen molar-refractivity contribution in [2.75, 3.05) is 53.2 Å². The molecule has 0 radical (unpaired) electrons. The van der Waals surface area contributed by atoms with Gasteiger partial charge < -0.3 is 20.3 Å². The first kappa shape index (κ1) is 17.5. The summed E-state index contributed by atoms with van der Waals surface area (Å²) in [6, 6.07) is 5.41. The number of nitrogens with two attached hydrogens (primary N) is 1. The van der Waals surface area contributed by atoms with E-state index in [9.17, 15) is 4.79 Å². The lowest BCUT2D eigenvalue weighted by atomic mass is 10.1. The van der Waals surface area contributed by atoms with E-state index in [2.05, 4.69) is 4.90 Å². The van der Waals surface area contributed by atoms with Crippen LogP contribution in [0.15, 0.2) is 18.2 Å². The first-order chi connectivity index (χ1) is 9.95. The van der Waals surface area contributed by atoms with Crippen molar-refractivity contribution in [3.8, 4) is 0 Å². The Morgan fingerprint density at radius 2 is 1.95 bits per heavy atom. The molecule has 0 unspecified atom stereocenters.